The topological polar surface area (TPSA) is 88.8 Å². The van der Waals surface area contributed by atoms with E-state index < -0.39 is 11.4 Å². The molecule has 0 saturated carbocycles. The molecule has 2 aromatic rings. The number of aromatic nitrogens is 1. The van der Waals surface area contributed by atoms with Gasteiger partial charge in [0.05, 0.1) is 12.3 Å². The first-order chi connectivity index (χ1) is 11.9. The van der Waals surface area contributed by atoms with E-state index in [0.29, 0.717) is 30.9 Å². The van der Waals surface area contributed by atoms with E-state index in [2.05, 4.69) is 13.8 Å². The second kappa shape index (κ2) is 5.37. The number of rotatable bonds is 2. The number of carboxylic acids is 1. The molecule has 1 aromatic heterocycles. The van der Waals surface area contributed by atoms with Crippen molar-refractivity contribution in [3.05, 3.63) is 45.2 Å². The molecule has 0 spiro atoms. The van der Waals surface area contributed by atoms with Crippen molar-refractivity contribution in [2.45, 2.75) is 32.7 Å². The van der Waals surface area contributed by atoms with Crippen LogP contribution in [0.15, 0.2) is 23.1 Å². The second-order valence-corrected chi connectivity index (χ2v) is 7.00. The van der Waals surface area contributed by atoms with Crippen LogP contribution in [0.5, 0.6) is 11.5 Å². The third kappa shape index (κ3) is 2.24. The van der Waals surface area contributed by atoms with E-state index >= 15 is 0 Å². The van der Waals surface area contributed by atoms with E-state index in [4.69, 9.17) is 4.74 Å². The Balaban J connectivity index is 2.06. The Labute approximate surface area is 144 Å². The quantitative estimate of drug-likeness (QED) is 0.876. The molecular formula is C19H19NO5. The predicted molar refractivity (Wildman–Crippen MR) is 91.5 cm³/mol. The normalized spacial score (nSPS) is 17.6. The van der Waals surface area contributed by atoms with Gasteiger partial charge in [-0.2, -0.15) is 0 Å². The number of aromatic hydroxyl groups is 1. The van der Waals surface area contributed by atoms with Gasteiger partial charge in [-0.15, -0.1) is 0 Å². The molecule has 25 heavy (non-hydrogen) atoms. The minimum Gasteiger partial charge on any atom is -0.504 e. The molecule has 1 aromatic carbocycles. The number of pyridine rings is 1. The number of fused-ring (bicyclic) bond motifs is 5. The minimum atomic E-state index is -1.21. The molecule has 2 aliphatic rings. The predicted octanol–water partition coefficient (Wildman–Crippen LogP) is 2.61. The number of phenols is 1. The lowest BCUT2D eigenvalue weighted by molar-refractivity contribution is 0.0694. The zero-order valence-corrected chi connectivity index (χ0v) is 14.1. The van der Waals surface area contributed by atoms with Gasteiger partial charge in [0.15, 0.2) is 16.9 Å². The monoisotopic (exact) mass is 341 g/mol. The van der Waals surface area contributed by atoms with Crippen molar-refractivity contribution in [3.8, 4) is 22.8 Å². The summed E-state index contributed by atoms with van der Waals surface area (Å²) in [4.78, 5) is 23.7. The number of carboxylic acid groups (broad SMARTS) is 1. The summed E-state index contributed by atoms with van der Waals surface area (Å²) in [5.41, 5.74) is 2.75. The third-order valence-electron chi connectivity index (χ3n) is 5.16. The molecule has 0 amide bonds. The average molecular weight is 341 g/mol. The highest BCUT2D eigenvalue weighted by atomic mass is 16.5. The molecule has 0 fully saturated rings. The van der Waals surface area contributed by atoms with Crippen molar-refractivity contribution < 1.29 is 19.7 Å². The Morgan fingerprint density at radius 2 is 2.12 bits per heavy atom. The molecule has 6 heteroatoms. The van der Waals surface area contributed by atoms with Crippen LogP contribution in [0.2, 0.25) is 0 Å². The molecule has 130 valence electrons. The summed E-state index contributed by atoms with van der Waals surface area (Å²) < 4.78 is 7.46. The van der Waals surface area contributed by atoms with Gasteiger partial charge in [0.25, 0.3) is 0 Å². The van der Waals surface area contributed by atoms with Gasteiger partial charge in [-0.3, -0.25) is 4.79 Å². The van der Waals surface area contributed by atoms with Crippen molar-refractivity contribution in [1.29, 1.82) is 0 Å². The van der Waals surface area contributed by atoms with Crippen molar-refractivity contribution in [1.82, 2.24) is 4.57 Å². The summed E-state index contributed by atoms with van der Waals surface area (Å²) in [6.07, 6.45) is 2.79. The molecule has 1 atom stereocenters. The first-order valence-corrected chi connectivity index (χ1v) is 8.39. The van der Waals surface area contributed by atoms with Crippen LogP contribution in [-0.2, 0) is 12.8 Å². The van der Waals surface area contributed by atoms with Crippen LogP contribution in [0.4, 0.5) is 0 Å². The summed E-state index contributed by atoms with van der Waals surface area (Å²) >= 11 is 0. The number of hydrogen-bond donors (Lipinski definition) is 2. The Morgan fingerprint density at radius 3 is 2.80 bits per heavy atom. The van der Waals surface area contributed by atoms with Gasteiger partial charge in [0.2, 0.25) is 0 Å². The first-order valence-electron chi connectivity index (χ1n) is 8.39. The molecule has 0 aliphatic carbocycles. The molecule has 0 saturated heterocycles. The molecular weight excluding hydrogens is 322 g/mol. The van der Waals surface area contributed by atoms with E-state index in [1.807, 2.05) is 4.57 Å². The average Bonchev–Trinajstić information content (AvgIpc) is 3.03. The van der Waals surface area contributed by atoms with Crippen LogP contribution in [0.1, 0.15) is 41.4 Å². The smallest absolute Gasteiger partial charge is 0.341 e. The van der Waals surface area contributed by atoms with Gasteiger partial charge in [0.1, 0.15) is 5.56 Å². The highest BCUT2D eigenvalue weighted by molar-refractivity contribution is 5.88. The summed E-state index contributed by atoms with van der Waals surface area (Å²) in [6, 6.07) is 3.14. The SMILES string of the molecule is CC(C)[C@@H]1Cc2cc(O)c3c(c2-c2cc(=O)c(C(=O)O)cn21)CCO3. The third-order valence-corrected chi connectivity index (χ3v) is 5.16. The number of carbonyl (C=O) groups is 1. The number of phenolic OH excluding ortho intramolecular Hbond substituents is 1. The first kappa shape index (κ1) is 15.7. The van der Waals surface area contributed by atoms with E-state index in [0.717, 1.165) is 16.7 Å². The van der Waals surface area contributed by atoms with Gasteiger partial charge in [-0.05, 0) is 24.0 Å². The molecule has 6 nitrogen and oxygen atoms in total. The standard InChI is InChI=1S/C19H19NO5/c1-9(2)13-5-10-6-16(22)18-11(3-4-25-18)17(10)14-7-15(21)12(19(23)24)8-20(13)14/h6-9,13,22H,3-5H2,1-2H3,(H,23,24)/t13-/m0/s1. The fraction of sp³-hybridized carbons (Fsp3) is 0.368. The van der Waals surface area contributed by atoms with Crippen LogP contribution in [0.25, 0.3) is 11.3 Å². The maximum Gasteiger partial charge on any atom is 0.341 e. The Morgan fingerprint density at radius 1 is 1.36 bits per heavy atom. The van der Waals surface area contributed by atoms with Gasteiger partial charge in [-0.25, -0.2) is 4.79 Å². The minimum absolute atomic E-state index is 0.0148. The van der Waals surface area contributed by atoms with E-state index in [1.54, 1.807) is 6.07 Å². The highest BCUT2D eigenvalue weighted by Crippen LogP contribution is 2.47. The van der Waals surface area contributed by atoms with Crippen LogP contribution >= 0.6 is 0 Å². The zero-order valence-electron chi connectivity index (χ0n) is 14.1. The largest absolute Gasteiger partial charge is 0.504 e. The Kier molecular flexibility index (Phi) is 3.39. The van der Waals surface area contributed by atoms with Gasteiger partial charge in [-0.1, -0.05) is 13.8 Å². The van der Waals surface area contributed by atoms with Gasteiger partial charge >= 0.3 is 5.97 Å². The summed E-state index contributed by atoms with van der Waals surface area (Å²) in [6.45, 7) is 4.62. The molecule has 0 bridgehead atoms. The van der Waals surface area contributed by atoms with Gasteiger partial charge in [0, 0.05) is 35.9 Å². The van der Waals surface area contributed by atoms with E-state index in [1.165, 1.54) is 12.3 Å². The van der Waals surface area contributed by atoms with Crippen LogP contribution < -0.4 is 10.2 Å². The number of nitrogens with zero attached hydrogens (tertiary/aromatic N) is 1. The van der Waals surface area contributed by atoms with Crippen molar-refractivity contribution in [2.75, 3.05) is 6.61 Å². The number of hydrogen-bond acceptors (Lipinski definition) is 4. The van der Waals surface area contributed by atoms with Crippen LogP contribution in [0.3, 0.4) is 0 Å². The number of ether oxygens (including phenoxy) is 1. The van der Waals surface area contributed by atoms with Crippen molar-refractivity contribution >= 4 is 5.97 Å². The molecule has 2 N–H and O–H groups in total. The highest BCUT2D eigenvalue weighted by Gasteiger charge is 2.33. The van der Waals surface area contributed by atoms with Crippen LogP contribution in [0, 0.1) is 5.92 Å². The lowest BCUT2D eigenvalue weighted by atomic mass is 9.84. The molecule has 4 rings (SSSR count). The Bertz CT molecular complexity index is 957. The summed E-state index contributed by atoms with van der Waals surface area (Å²) in [7, 11) is 0. The van der Waals surface area contributed by atoms with Crippen LogP contribution in [-0.4, -0.2) is 27.4 Å². The molecule has 0 unspecified atom stereocenters. The summed E-state index contributed by atoms with van der Waals surface area (Å²) in [5.74, 6) is -0.370. The Hall–Kier alpha value is -2.76. The molecule has 2 aliphatic heterocycles. The van der Waals surface area contributed by atoms with E-state index in [-0.39, 0.29) is 23.3 Å². The number of aromatic carboxylic acids is 1. The molecule has 0 radical (unpaired) electrons. The second-order valence-electron chi connectivity index (χ2n) is 7.00. The maximum absolute atomic E-state index is 12.3. The maximum atomic E-state index is 12.3. The van der Waals surface area contributed by atoms with E-state index in [9.17, 15) is 19.8 Å². The molecule has 3 heterocycles. The lowest BCUT2D eigenvalue weighted by Gasteiger charge is -2.34. The van der Waals surface area contributed by atoms with Crippen molar-refractivity contribution in [3.63, 3.8) is 0 Å². The van der Waals surface area contributed by atoms with Gasteiger partial charge < -0.3 is 19.5 Å². The fourth-order valence-electron chi connectivity index (χ4n) is 3.97. The fourth-order valence-corrected chi connectivity index (χ4v) is 3.97. The lowest BCUT2D eigenvalue weighted by Crippen LogP contribution is -2.28. The summed E-state index contributed by atoms with van der Waals surface area (Å²) in [5, 5.41) is 19.6. The number of benzene rings is 1. The zero-order chi connectivity index (χ0) is 17.9. The van der Waals surface area contributed by atoms with Crippen molar-refractivity contribution in [2.24, 2.45) is 5.92 Å².